The molecular weight excluding hydrogens is 322 g/mol. The number of amides is 1. The first-order valence-electron chi connectivity index (χ1n) is 8.68. The molecule has 0 aliphatic carbocycles. The van der Waals surface area contributed by atoms with E-state index in [0.717, 1.165) is 17.0 Å². The lowest BCUT2D eigenvalue weighted by atomic mass is 9.87. The Morgan fingerprint density at radius 1 is 0.962 bits per heavy atom. The molecule has 2 aromatic carbocycles. The molecule has 26 heavy (non-hydrogen) atoms. The van der Waals surface area contributed by atoms with Crippen molar-refractivity contribution in [1.82, 2.24) is 15.3 Å². The van der Waals surface area contributed by atoms with Gasteiger partial charge < -0.3 is 5.32 Å². The first-order valence-corrected chi connectivity index (χ1v) is 8.68. The van der Waals surface area contributed by atoms with Crippen molar-refractivity contribution in [2.45, 2.75) is 32.7 Å². The van der Waals surface area contributed by atoms with Gasteiger partial charge in [-0.3, -0.25) is 4.79 Å². The molecule has 0 fully saturated rings. The summed E-state index contributed by atoms with van der Waals surface area (Å²) in [6.45, 7) is 6.83. The summed E-state index contributed by atoms with van der Waals surface area (Å²) in [6, 6.07) is 19.6. The van der Waals surface area contributed by atoms with Gasteiger partial charge in [0.2, 0.25) is 0 Å². The number of carbonyl (C=O) groups is 1. The Morgan fingerprint density at radius 3 is 2.31 bits per heavy atom. The predicted octanol–water partition coefficient (Wildman–Crippen LogP) is 4.37. The largest absolute Gasteiger partial charge is 0.346 e. The molecule has 3 aromatic rings. The zero-order valence-electron chi connectivity index (χ0n) is 15.4. The van der Waals surface area contributed by atoms with Crippen LogP contribution in [0.15, 0.2) is 67.0 Å². The highest BCUT2D eigenvalue weighted by Gasteiger charge is 2.14. The van der Waals surface area contributed by atoms with Gasteiger partial charge in [-0.05, 0) is 29.2 Å². The lowest BCUT2D eigenvalue weighted by molar-refractivity contribution is 0.0950. The van der Waals surface area contributed by atoms with Crippen molar-refractivity contribution in [1.29, 1.82) is 0 Å². The molecular formula is C22H23N3O. The zero-order chi connectivity index (χ0) is 18.6. The fraction of sp³-hybridized carbons (Fsp3) is 0.227. The van der Waals surface area contributed by atoms with E-state index in [1.54, 1.807) is 0 Å². The molecule has 0 saturated heterocycles. The van der Waals surface area contributed by atoms with Crippen molar-refractivity contribution in [3.05, 3.63) is 83.8 Å². The fourth-order valence-corrected chi connectivity index (χ4v) is 2.66. The lowest BCUT2D eigenvalue weighted by Crippen LogP contribution is -2.23. The Bertz CT molecular complexity index is 881. The van der Waals surface area contributed by atoms with Gasteiger partial charge in [0.15, 0.2) is 0 Å². The molecule has 3 rings (SSSR count). The molecule has 1 aromatic heterocycles. The fourth-order valence-electron chi connectivity index (χ4n) is 2.66. The predicted molar refractivity (Wildman–Crippen MR) is 104 cm³/mol. The molecule has 0 atom stereocenters. The number of nitrogens with zero attached hydrogens (tertiary/aromatic N) is 2. The first-order chi connectivity index (χ1) is 12.4. The van der Waals surface area contributed by atoms with Crippen molar-refractivity contribution in [3.63, 3.8) is 0 Å². The molecule has 1 amide bonds. The maximum atomic E-state index is 12.4. The first kappa shape index (κ1) is 17.8. The number of nitrogens with one attached hydrogen (secondary N) is 1. The molecule has 0 aliphatic rings. The highest BCUT2D eigenvalue weighted by Crippen LogP contribution is 2.22. The summed E-state index contributed by atoms with van der Waals surface area (Å²) in [5.74, 6) is -0.106. The summed E-state index contributed by atoms with van der Waals surface area (Å²) in [4.78, 5) is 20.9. The van der Waals surface area contributed by atoms with Gasteiger partial charge in [0.1, 0.15) is 6.33 Å². The monoisotopic (exact) mass is 345 g/mol. The number of rotatable bonds is 4. The van der Waals surface area contributed by atoms with Crippen LogP contribution in [0.25, 0.3) is 11.3 Å². The van der Waals surface area contributed by atoms with E-state index in [1.807, 2.05) is 60.7 Å². The number of aromatic nitrogens is 2. The second-order valence-corrected chi connectivity index (χ2v) is 7.27. The Morgan fingerprint density at radius 2 is 1.65 bits per heavy atom. The second-order valence-electron chi connectivity index (χ2n) is 7.27. The van der Waals surface area contributed by atoms with E-state index in [0.29, 0.717) is 12.1 Å². The van der Waals surface area contributed by atoms with Crippen LogP contribution in [0.2, 0.25) is 0 Å². The Hall–Kier alpha value is -3.01. The molecule has 0 saturated carbocycles. The van der Waals surface area contributed by atoms with Gasteiger partial charge in [0, 0.05) is 11.1 Å². The average Bonchev–Trinajstić information content (AvgIpc) is 2.66. The van der Waals surface area contributed by atoms with Crippen molar-refractivity contribution < 1.29 is 4.79 Å². The SMILES string of the molecule is CC(C)(C)c1ccc(C(=O)NCc2cc(-c3ccccc3)ncn2)cc1. The Balaban J connectivity index is 1.66. The minimum Gasteiger partial charge on any atom is -0.346 e. The van der Waals surface area contributed by atoms with Crippen LogP contribution in [-0.4, -0.2) is 15.9 Å². The van der Waals surface area contributed by atoms with Crippen molar-refractivity contribution in [3.8, 4) is 11.3 Å². The van der Waals surface area contributed by atoms with Gasteiger partial charge >= 0.3 is 0 Å². The summed E-state index contributed by atoms with van der Waals surface area (Å²) < 4.78 is 0. The van der Waals surface area contributed by atoms with Crippen LogP contribution in [0, 0.1) is 0 Å². The minimum absolute atomic E-state index is 0.0732. The quantitative estimate of drug-likeness (QED) is 0.764. The summed E-state index contributed by atoms with van der Waals surface area (Å²) in [5, 5.41) is 2.92. The van der Waals surface area contributed by atoms with Crippen LogP contribution in [0.5, 0.6) is 0 Å². The second kappa shape index (κ2) is 7.48. The molecule has 0 radical (unpaired) electrons. The van der Waals surface area contributed by atoms with Crippen LogP contribution >= 0.6 is 0 Å². The van der Waals surface area contributed by atoms with Gasteiger partial charge in [-0.25, -0.2) is 9.97 Å². The number of benzene rings is 2. The standard InChI is InChI=1S/C22H23N3O/c1-22(2,3)18-11-9-17(10-12-18)21(26)23-14-19-13-20(25-15-24-19)16-7-5-4-6-8-16/h4-13,15H,14H2,1-3H3,(H,23,26). The third-order valence-electron chi connectivity index (χ3n) is 4.24. The van der Waals surface area contributed by atoms with Crippen LogP contribution in [0.4, 0.5) is 0 Å². The normalized spacial score (nSPS) is 11.2. The maximum absolute atomic E-state index is 12.4. The van der Waals surface area contributed by atoms with E-state index in [9.17, 15) is 4.79 Å². The molecule has 0 unspecified atom stereocenters. The van der Waals surface area contributed by atoms with Gasteiger partial charge in [-0.2, -0.15) is 0 Å². The van der Waals surface area contributed by atoms with Crippen LogP contribution in [0.1, 0.15) is 42.4 Å². The molecule has 0 bridgehead atoms. The topological polar surface area (TPSA) is 54.9 Å². The molecule has 132 valence electrons. The number of carbonyl (C=O) groups excluding carboxylic acids is 1. The minimum atomic E-state index is -0.106. The summed E-state index contributed by atoms with van der Waals surface area (Å²) in [5.41, 5.74) is 4.58. The average molecular weight is 345 g/mol. The van der Waals surface area contributed by atoms with E-state index in [1.165, 1.54) is 11.9 Å². The van der Waals surface area contributed by atoms with Crippen molar-refractivity contribution in [2.24, 2.45) is 0 Å². The number of hydrogen-bond donors (Lipinski definition) is 1. The molecule has 1 heterocycles. The third kappa shape index (κ3) is 4.33. The van der Waals surface area contributed by atoms with Gasteiger partial charge in [-0.15, -0.1) is 0 Å². The van der Waals surface area contributed by atoms with Crippen LogP contribution < -0.4 is 5.32 Å². The van der Waals surface area contributed by atoms with Crippen LogP contribution in [-0.2, 0) is 12.0 Å². The van der Waals surface area contributed by atoms with Gasteiger partial charge in [0.05, 0.1) is 17.9 Å². The number of hydrogen-bond acceptors (Lipinski definition) is 3. The molecule has 0 spiro atoms. The molecule has 0 aliphatic heterocycles. The smallest absolute Gasteiger partial charge is 0.251 e. The van der Waals surface area contributed by atoms with Crippen LogP contribution in [0.3, 0.4) is 0 Å². The van der Waals surface area contributed by atoms with Gasteiger partial charge in [-0.1, -0.05) is 63.2 Å². The van der Waals surface area contributed by atoms with E-state index < -0.39 is 0 Å². The van der Waals surface area contributed by atoms with E-state index in [2.05, 4.69) is 36.1 Å². The zero-order valence-corrected chi connectivity index (χ0v) is 15.4. The molecule has 1 N–H and O–H groups in total. The van der Waals surface area contributed by atoms with Crippen molar-refractivity contribution in [2.75, 3.05) is 0 Å². The lowest BCUT2D eigenvalue weighted by Gasteiger charge is -2.19. The van der Waals surface area contributed by atoms with E-state index >= 15 is 0 Å². The summed E-state index contributed by atoms with van der Waals surface area (Å²) in [7, 11) is 0. The Labute approximate surface area is 154 Å². The summed E-state index contributed by atoms with van der Waals surface area (Å²) in [6.07, 6.45) is 1.53. The highest BCUT2D eigenvalue weighted by molar-refractivity contribution is 5.94. The third-order valence-corrected chi connectivity index (χ3v) is 4.24. The molecule has 4 nitrogen and oxygen atoms in total. The highest BCUT2D eigenvalue weighted by atomic mass is 16.1. The van der Waals surface area contributed by atoms with E-state index in [4.69, 9.17) is 0 Å². The summed E-state index contributed by atoms with van der Waals surface area (Å²) >= 11 is 0. The Kier molecular flexibility index (Phi) is 5.12. The molecule has 4 heteroatoms. The maximum Gasteiger partial charge on any atom is 0.251 e. The van der Waals surface area contributed by atoms with Gasteiger partial charge in [0.25, 0.3) is 5.91 Å². The van der Waals surface area contributed by atoms with E-state index in [-0.39, 0.29) is 11.3 Å². The van der Waals surface area contributed by atoms with Crippen molar-refractivity contribution >= 4 is 5.91 Å².